The minimum Gasteiger partial charge on any atom is -0.451 e. The molecular weight excluding hydrogens is 288 g/mol. The Labute approximate surface area is 134 Å². The summed E-state index contributed by atoms with van der Waals surface area (Å²) in [7, 11) is 0. The van der Waals surface area contributed by atoms with E-state index in [4.69, 9.17) is 10.5 Å². The molecule has 0 aliphatic carbocycles. The zero-order chi connectivity index (χ0) is 16.4. The third-order valence-corrected chi connectivity index (χ3v) is 3.86. The van der Waals surface area contributed by atoms with Gasteiger partial charge in [-0.05, 0) is 54.4 Å². The first kappa shape index (κ1) is 15.0. The standard InChI is InChI=1S/C19H18N2O2/c1-19(2,15-7-9-21-10-8-15)23-18(22)16-11-13-5-3-4-6-14(13)12-17(16)20/h3-12H,20H2,1-2H3. The van der Waals surface area contributed by atoms with Crippen molar-refractivity contribution in [2.75, 3.05) is 5.73 Å². The molecule has 0 radical (unpaired) electrons. The van der Waals surface area contributed by atoms with E-state index in [0.717, 1.165) is 16.3 Å². The van der Waals surface area contributed by atoms with E-state index in [0.29, 0.717) is 11.3 Å². The van der Waals surface area contributed by atoms with Crippen molar-refractivity contribution >= 4 is 22.4 Å². The lowest BCUT2D eigenvalue weighted by Gasteiger charge is -2.25. The van der Waals surface area contributed by atoms with Gasteiger partial charge >= 0.3 is 5.97 Å². The lowest BCUT2D eigenvalue weighted by molar-refractivity contribution is -0.00302. The van der Waals surface area contributed by atoms with E-state index in [-0.39, 0.29) is 0 Å². The molecule has 0 atom stereocenters. The molecule has 23 heavy (non-hydrogen) atoms. The number of benzene rings is 2. The minimum atomic E-state index is -0.766. The van der Waals surface area contributed by atoms with Gasteiger partial charge in [0.2, 0.25) is 0 Å². The molecule has 0 amide bonds. The van der Waals surface area contributed by atoms with Crippen LogP contribution in [-0.4, -0.2) is 11.0 Å². The lowest BCUT2D eigenvalue weighted by Crippen LogP contribution is -2.26. The highest BCUT2D eigenvalue weighted by Crippen LogP contribution is 2.28. The summed E-state index contributed by atoms with van der Waals surface area (Å²) in [6.45, 7) is 3.69. The van der Waals surface area contributed by atoms with E-state index in [9.17, 15) is 4.79 Å². The number of esters is 1. The predicted octanol–water partition coefficient (Wildman–Crippen LogP) is 3.91. The van der Waals surface area contributed by atoms with E-state index in [1.54, 1.807) is 24.5 Å². The van der Waals surface area contributed by atoms with Gasteiger partial charge in [0.25, 0.3) is 0 Å². The molecule has 0 saturated carbocycles. The number of aromatic nitrogens is 1. The normalized spacial score (nSPS) is 11.4. The maximum atomic E-state index is 12.6. The van der Waals surface area contributed by atoms with E-state index >= 15 is 0 Å². The Bertz CT molecular complexity index is 858. The molecule has 2 aromatic carbocycles. The van der Waals surface area contributed by atoms with Gasteiger partial charge in [0.1, 0.15) is 5.60 Å². The first-order valence-electron chi connectivity index (χ1n) is 7.39. The fourth-order valence-corrected chi connectivity index (χ4v) is 2.53. The van der Waals surface area contributed by atoms with Gasteiger partial charge in [-0.25, -0.2) is 4.79 Å². The molecule has 1 aromatic heterocycles. The molecule has 0 unspecified atom stereocenters. The van der Waals surface area contributed by atoms with Crippen LogP contribution in [0.25, 0.3) is 10.8 Å². The van der Waals surface area contributed by atoms with Crippen LogP contribution in [0.5, 0.6) is 0 Å². The van der Waals surface area contributed by atoms with Crippen LogP contribution < -0.4 is 5.73 Å². The van der Waals surface area contributed by atoms with Crippen LogP contribution in [0.1, 0.15) is 29.8 Å². The van der Waals surface area contributed by atoms with Crippen LogP contribution in [0.15, 0.2) is 60.9 Å². The summed E-state index contributed by atoms with van der Waals surface area (Å²) in [6, 6.07) is 15.0. The third-order valence-electron chi connectivity index (χ3n) is 3.86. The van der Waals surface area contributed by atoms with Gasteiger partial charge in [-0.2, -0.15) is 0 Å². The number of rotatable bonds is 3. The summed E-state index contributed by atoms with van der Waals surface area (Å²) in [5.41, 5.74) is 6.94. The summed E-state index contributed by atoms with van der Waals surface area (Å²) in [5.74, 6) is -0.435. The van der Waals surface area contributed by atoms with Crippen molar-refractivity contribution in [2.24, 2.45) is 0 Å². The predicted molar refractivity (Wildman–Crippen MR) is 91.0 cm³/mol. The van der Waals surface area contributed by atoms with Crippen LogP contribution in [0.2, 0.25) is 0 Å². The molecule has 4 heteroatoms. The van der Waals surface area contributed by atoms with E-state index < -0.39 is 11.6 Å². The summed E-state index contributed by atoms with van der Waals surface area (Å²) in [5, 5.41) is 1.95. The highest BCUT2D eigenvalue weighted by Gasteiger charge is 2.27. The van der Waals surface area contributed by atoms with Crippen LogP contribution in [-0.2, 0) is 10.3 Å². The number of nitrogens with zero attached hydrogens (tertiary/aromatic N) is 1. The van der Waals surface area contributed by atoms with Gasteiger partial charge in [-0.1, -0.05) is 24.3 Å². The van der Waals surface area contributed by atoms with E-state index in [1.165, 1.54) is 0 Å². The Morgan fingerprint density at radius 3 is 2.30 bits per heavy atom. The first-order chi connectivity index (χ1) is 11.0. The number of carbonyl (C=O) groups excluding carboxylic acids is 1. The van der Waals surface area contributed by atoms with Gasteiger partial charge in [-0.3, -0.25) is 4.98 Å². The van der Waals surface area contributed by atoms with Crippen molar-refractivity contribution in [1.29, 1.82) is 0 Å². The van der Waals surface area contributed by atoms with Crippen molar-refractivity contribution in [2.45, 2.75) is 19.4 Å². The second kappa shape index (κ2) is 5.72. The van der Waals surface area contributed by atoms with Crippen LogP contribution in [0.4, 0.5) is 5.69 Å². The van der Waals surface area contributed by atoms with Crippen molar-refractivity contribution in [3.8, 4) is 0 Å². The second-order valence-electron chi connectivity index (χ2n) is 5.92. The summed E-state index contributed by atoms with van der Waals surface area (Å²) in [6.07, 6.45) is 3.35. The van der Waals surface area contributed by atoms with Crippen LogP contribution >= 0.6 is 0 Å². The van der Waals surface area contributed by atoms with Gasteiger partial charge in [-0.15, -0.1) is 0 Å². The summed E-state index contributed by atoms with van der Waals surface area (Å²) in [4.78, 5) is 16.6. The number of nitrogens with two attached hydrogens (primary N) is 1. The fraction of sp³-hybridized carbons (Fsp3) is 0.158. The Morgan fingerprint density at radius 2 is 1.65 bits per heavy atom. The number of anilines is 1. The molecule has 4 nitrogen and oxygen atoms in total. The molecule has 0 bridgehead atoms. The molecule has 1 heterocycles. The smallest absolute Gasteiger partial charge is 0.341 e. The number of hydrogen-bond acceptors (Lipinski definition) is 4. The number of pyridine rings is 1. The van der Waals surface area contributed by atoms with Gasteiger partial charge in [0.15, 0.2) is 0 Å². The van der Waals surface area contributed by atoms with Crippen molar-refractivity contribution < 1.29 is 9.53 Å². The summed E-state index contributed by atoms with van der Waals surface area (Å²) < 4.78 is 5.69. The minimum absolute atomic E-state index is 0.380. The van der Waals surface area contributed by atoms with E-state index in [2.05, 4.69) is 4.98 Å². The number of carbonyl (C=O) groups is 1. The zero-order valence-electron chi connectivity index (χ0n) is 13.1. The number of hydrogen-bond donors (Lipinski definition) is 1. The largest absolute Gasteiger partial charge is 0.451 e. The molecular formula is C19H18N2O2. The van der Waals surface area contributed by atoms with Crippen LogP contribution in [0, 0.1) is 0 Å². The maximum absolute atomic E-state index is 12.6. The molecule has 3 aromatic rings. The second-order valence-corrected chi connectivity index (χ2v) is 5.92. The van der Waals surface area contributed by atoms with Crippen molar-refractivity contribution in [3.63, 3.8) is 0 Å². The Balaban J connectivity index is 1.93. The third kappa shape index (κ3) is 3.01. The summed E-state index contributed by atoms with van der Waals surface area (Å²) >= 11 is 0. The Hall–Kier alpha value is -2.88. The average Bonchev–Trinajstić information content (AvgIpc) is 2.54. The zero-order valence-corrected chi connectivity index (χ0v) is 13.1. The number of nitrogen functional groups attached to an aromatic ring is 1. The molecule has 0 fully saturated rings. The molecule has 3 rings (SSSR count). The molecule has 2 N–H and O–H groups in total. The molecule has 116 valence electrons. The molecule has 0 saturated heterocycles. The average molecular weight is 306 g/mol. The first-order valence-corrected chi connectivity index (χ1v) is 7.39. The fourth-order valence-electron chi connectivity index (χ4n) is 2.53. The topological polar surface area (TPSA) is 65.2 Å². The van der Waals surface area contributed by atoms with E-state index in [1.807, 2.05) is 50.2 Å². The Kier molecular flexibility index (Phi) is 3.74. The lowest BCUT2D eigenvalue weighted by atomic mass is 9.99. The molecule has 0 spiro atoms. The number of ether oxygens (including phenoxy) is 1. The highest BCUT2D eigenvalue weighted by molar-refractivity contribution is 6.01. The highest BCUT2D eigenvalue weighted by atomic mass is 16.6. The van der Waals surface area contributed by atoms with Crippen molar-refractivity contribution in [3.05, 3.63) is 72.1 Å². The van der Waals surface area contributed by atoms with Gasteiger partial charge in [0.05, 0.1) is 5.56 Å². The van der Waals surface area contributed by atoms with Crippen molar-refractivity contribution in [1.82, 2.24) is 4.98 Å². The maximum Gasteiger partial charge on any atom is 0.341 e. The quantitative estimate of drug-likeness (QED) is 0.588. The molecule has 0 aliphatic rings. The number of fused-ring (bicyclic) bond motifs is 1. The monoisotopic (exact) mass is 306 g/mol. The SMILES string of the molecule is CC(C)(OC(=O)c1cc2ccccc2cc1N)c1ccncc1. The Morgan fingerprint density at radius 1 is 1.04 bits per heavy atom. The van der Waals surface area contributed by atoms with Crippen LogP contribution in [0.3, 0.4) is 0 Å². The van der Waals surface area contributed by atoms with Gasteiger partial charge < -0.3 is 10.5 Å². The van der Waals surface area contributed by atoms with Gasteiger partial charge in [0, 0.05) is 18.1 Å². The molecule has 0 aliphatic heterocycles.